The summed E-state index contributed by atoms with van der Waals surface area (Å²) in [5.74, 6) is 1.58. The number of hydrogen-bond acceptors (Lipinski definition) is 4. The molecule has 0 spiro atoms. The molecule has 0 atom stereocenters. The summed E-state index contributed by atoms with van der Waals surface area (Å²) in [5, 5.41) is 6.93. The van der Waals surface area contributed by atoms with E-state index in [-0.39, 0.29) is 36.4 Å². The molecule has 1 saturated heterocycles. The van der Waals surface area contributed by atoms with Gasteiger partial charge in [-0.1, -0.05) is 12.1 Å². The lowest BCUT2D eigenvalue weighted by Crippen LogP contribution is -2.50. The van der Waals surface area contributed by atoms with Crippen LogP contribution < -0.4 is 15.4 Å². The van der Waals surface area contributed by atoms with E-state index >= 15 is 0 Å². The van der Waals surface area contributed by atoms with Crippen LogP contribution in [0.5, 0.6) is 5.75 Å². The van der Waals surface area contributed by atoms with Crippen LogP contribution >= 0.6 is 24.0 Å². The molecule has 1 heterocycles. The fourth-order valence-electron chi connectivity index (χ4n) is 3.31. The number of nitrogens with zero attached hydrogens (tertiary/aromatic N) is 3. The zero-order chi connectivity index (χ0) is 21.2. The number of carbonyl (C=O) groups is 1. The summed E-state index contributed by atoms with van der Waals surface area (Å²) in [6, 6.07) is 9.06. The Balaban J connectivity index is 0.00000450. The molecular weight excluding hydrogens is 493 g/mol. The highest BCUT2D eigenvalue weighted by molar-refractivity contribution is 14.0. The summed E-state index contributed by atoms with van der Waals surface area (Å²) in [4.78, 5) is 20.5. The summed E-state index contributed by atoms with van der Waals surface area (Å²) in [7, 11) is 5.18. The molecule has 2 rings (SSSR count). The lowest BCUT2D eigenvalue weighted by molar-refractivity contribution is -0.127. The molecule has 1 fully saturated rings. The Morgan fingerprint density at radius 3 is 2.40 bits per heavy atom. The lowest BCUT2D eigenvalue weighted by atomic mass is 10.0. The minimum Gasteiger partial charge on any atom is -0.497 e. The minimum atomic E-state index is -0.00381. The van der Waals surface area contributed by atoms with E-state index in [9.17, 15) is 4.79 Å². The van der Waals surface area contributed by atoms with Crippen molar-refractivity contribution in [3.8, 4) is 5.75 Å². The first-order chi connectivity index (χ1) is 13.9. The van der Waals surface area contributed by atoms with Crippen molar-refractivity contribution in [1.82, 2.24) is 20.4 Å². The number of hydrogen-bond donors (Lipinski definition) is 2. The number of benzene rings is 1. The van der Waals surface area contributed by atoms with Crippen molar-refractivity contribution in [2.24, 2.45) is 4.99 Å². The average molecular weight is 531 g/mol. The van der Waals surface area contributed by atoms with E-state index in [0.29, 0.717) is 12.1 Å². The first-order valence-corrected chi connectivity index (χ1v) is 10.5. The summed E-state index contributed by atoms with van der Waals surface area (Å²) in [5.41, 5.74) is 1.23. The summed E-state index contributed by atoms with van der Waals surface area (Å²) < 4.78 is 5.21. The summed E-state index contributed by atoms with van der Waals surface area (Å²) in [6.07, 6.45) is 3.04. The molecule has 0 saturated carbocycles. The number of carbonyl (C=O) groups excluding carboxylic acids is 1. The van der Waals surface area contributed by atoms with Crippen LogP contribution in [0.15, 0.2) is 29.3 Å². The van der Waals surface area contributed by atoms with Gasteiger partial charge in [0, 0.05) is 45.8 Å². The molecule has 0 unspecified atom stereocenters. The number of halogens is 1. The predicted molar refractivity (Wildman–Crippen MR) is 134 cm³/mol. The number of piperidine rings is 1. The molecule has 170 valence electrons. The van der Waals surface area contributed by atoms with Crippen LogP contribution in [-0.2, 0) is 11.2 Å². The monoisotopic (exact) mass is 531 g/mol. The van der Waals surface area contributed by atoms with Gasteiger partial charge in [-0.15, -0.1) is 24.0 Å². The molecule has 1 aromatic rings. The summed E-state index contributed by atoms with van der Waals surface area (Å²) in [6.45, 7) is 7.56. The van der Waals surface area contributed by atoms with Gasteiger partial charge in [-0.2, -0.15) is 0 Å². The third kappa shape index (κ3) is 9.07. The molecule has 1 aliphatic heterocycles. The number of methoxy groups -OCH3 is 1. The number of rotatable bonds is 8. The highest BCUT2D eigenvalue weighted by Crippen LogP contribution is 2.13. The van der Waals surface area contributed by atoms with Crippen molar-refractivity contribution >= 4 is 35.8 Å². The molecule has 1 aliphatic rings. The second-order valence-corrected chi connectivity index (χ2v) is 8.03. The molecule has 0 bridgehead atoms. The van der Waals surface area contributed by atoms with E-state index in [2.05, 4.69) is 46.5 Å². The van der Waals surface area contributed by atoms with Crippen molar-refractivity contribution in [3.63, 3.8) is 0 Å². The fraction of sp³-hybridized carbons (Fsp3) is 0.636. The SMILES string of the molecule is COc1ccc(CCNC(=NCC(=O)N(C)C)NC2CCN(C(C)C)CC2)cc1.I. The van der Waals surface area contributed by atoms with Gasteiger partial charge in [-0.25, -0.2) is 4.99 Å². The van der Waals surface area contributed by atoms with Gasteiger partial charge in [0.1, 0.15) is 12.3 Å². The van der Waals surface area contributed by atoms with Crippen molar-refractivity contribution in [2.75, 3.05) is 47.4 Å². The highest BCUT2D eigenvalue weighted by atomic mass is 127. The number of likely N-dealkylation sites (N-methyl/N-ethyl adjacent to an activating group) is 1. The van der Waals surface area contributed by atoms with Crippen LogP contribution in [0.3, 0.4) is 0 Å². The maximum atomic E-state index is 12.0. The largest absolute Gasteiger partial charge is 0.497 e. The molecule has 30 heavy (non-hydrogen) atoms. The number of amides is 1. The van der Waals surface area contributed by atoms with Crippen molar-refractivity contribution in [1.29, 1.82) is 0 Å². The van der Waals surface area contributed by atoms with Crippen LogP contribution in [0.2, 0.25) is 0 Å². The Hall–Kier alpha value is -1.55. The van der Waals surface area contributed by atoms with E-state index in [0.717, 1.165) is 50.6 Å². The Kier molecular flexibility index (Phi) is 12.1. The smallest absolute Gasteiger partial charge is 0.243 e. The zero-order valence-corrected chi connectivity index (χ0v) is 21.3. The first-order valence-electron chi connectivity index (χ1n) is 10.5. The van der Waals surface area contributed by atoms with E-state index in [1.165, 1.54) is 5.56 Å². The standard InChI is InChI=1S/C22H37N5O2.HI/c1-17(2)27-14-11-19(12-15-27)25-22(24-16-21(28)26(3)4)23-13-10-18-6-8-20(29-5)9-7-18;/h6-9,17,19H,10-16H2,1-5H3,(H2,23,24,25);1H. The second kappa shape index (κ2) is 13.7. The number of likely N-dealkylation sites (tertiary alicyclic amines) is 1. The maximum absolute atomic E-state index is 12.0. The quantitative estimate of drug-likeness (QED) is 0.306. The van der Waals surface area contributed by atoms with Crippen molar-refractivity contribution in [3.05, 3.63) is 29.8 Å². The average Bonchev–Trinajstić information content (AvgIpc) is 2.72. The van der Waals surface area contributed by atoms with Crippen LogP contribution in [0.1, 0.15) is 32.3 Å². The van der Waals surface area contributed by atoms with E-state index in [1.54, 1.807) is 26.1 Å². The number of aliphatic imine (C=N–C) groups is 1. The van der Waals surface area contributed by atoms with Gasteiger partial charge < -0.3 is 25.2 Å². The fourth-order valence-corrected chi connectivity index (χ4v) is 3.31. The Labute approximate surface area is 198 Å². The van der Waals surface area contributed by atoms with Gasteiger partial charge >= 0.3 is 0 Å². The number of nitrogens with one attached hydrogen (secondary N) is 2. The first kappa shape index (κ1) is 26.5. The third-order valence-corrected chi connectivity index (χ3v) is 5.34. The number of guanidine groups is 1. The normalized spacial score (nSPS) is 15.5. The van der Waals surface area contributed by atoms with E-state index in [1.807, 2.05) is 12.1 Å². The van der Waals surface area contributed by atoms with Gasteiger partial charge in [-0.3, -0.25) is 4.79 Å². The van der Waals surface area contributed by atoms with Gasteiger partial charge in [0.05, 0.1) is 7.11 Å². The Morgan fingerprint density at radius 1 is 1.23 bits per heavy atom. The topological polar surface area (TPSA) is 69.2 Å². The molecule has 2 N–H and O–H groups in total. The van der Waals surface area contributed by atoms with Crippen molar-refractivity contribution in [2.45, 2.75) is 45.2 Å². The van der Waals surface area contributed by atoms with Gasteiger partial charge in [0.15, 0.2) is 5.96 Å². The Bertz CT molecular complexity index is 656. The van der Waals surface area contributed by atoms with Gasteiger partial charge in [0.2, 0.25) is 5.91 Å². The zero-order valence-electron chi connectivity index (χ0n) is 19.0. The molecule has 1 amide bonds. The minimum absolute atomic E-state index is 0. The maximum Gasteiger partial charge on any atom is 0.243 e. The van der Waals surface area contributed by atoms with Crippen LogP contribution in [0, 0.1) is 0 Å². The molecule has 1 aromatic carbocycles. The lowest BCUT2D eigenvalue weighted by Gasteiger charge is -2.35. The van der Waals surface area contributed by atoms with Crippen molar-refractivity contribution < 1.29 is 9.53 Å². The van der Waals surface area contributed by atoms with Crippen LogP contribution in [0.4, 0.5) is 0 Å². The van der Waals surface area contributed by atoms with E-state index < -0.39 is 0 Å². The van der Waals surface area contributed by atoms with Crippen LogP contribution in [0.25, 0.3) is 0 Å². The molecule has 0 aromatic heterocycles. The highest BCUT2D eigenvalue weighted by Gasteiger charge is 2.21. The molecular formula is C22H38IN5O2. The molecule has 0 radical (unpaired) electrons. The number of ether oxygens (including phenoxy) is 1. The third-order valence-electron chi connectivity index (χ3n) is 5.34. The Morgan fingerprint density at radius 2 is 1.87 bits per heavy atom. The molecule has 0 aliphatic carbocycles. The summed E-state index contributed by atoms with van der Waals surface area (Å²) >= 11 is 0. The van der Waals surface area contributed by atoms with Crippen LogP contribution in [-0.4, -0.2) is 81.1 Å². The van der Waals surface area contributed by atoms with Gasteiger partial charge in [-0.05, 0) is 50.8 Å². The van der Waals surface area contributed by atoms with E-state index in [4.69, 9.17) is 4.74 Å². The molecule has 8 heteroatoms. The second-order valence-electron chi connectivity index (χ2n) is 8.03. The molecule has 7 nitrogen and oxygen atoms in total. The predicted octanol–water partition coefficient (Wildman–Crippen LogP) is 2.35. The van der Waals surface area contributed by atoms with Gasteiger partial charge in [0.25, 0.3) is 0 Å².